The Labute approximate surface area is 175 Å². The number of nitrogens with zero attached hydrogens (tertiary/aromatic N) is 2. The third-order valence-electron chi connectivity index (χ3n) is 4.66. The molecule has 3 aromatic rings. The molecule has 150 valence electrons. The van der Waals surface area contributed by atoms with E-state index in [1.165, 1.54) is 16.9 Å². The van der Waals surface area contributed by atoms with Crippen molar-refractivity contribution in [2.75, 3.05) is 18.4 Å². The van der Waals surface area contributed by atoms with Crippen molar-refractivity contribution in [2.45, 2.75) is 27.2 Å². The van der Waals surface area contributed by atoms with E-state index in [2.05, 4.69) is 22.4 Å². The number of hydrogen-bond donors (Lipinski definition) is 1. The molecule has 1 N–H and O–H groups in total. The maximum Gasteiger partial charge on any atom is 0.253 e. The molecule has 0 unspecified atom stereocenters. The Morgan fingerprint density at radius 3 is 2.28 bits per heavy atom. The van der Waals surface area contributed by atoms with Crippen molar-refractivity contribution >= 4 is 28.8 Å². The number of benzene rings is 2. The number of rotatable bonds is 7. The fraction of sp³-hybridized carbons (Fsp3) is 0.261. The molecule has 2 amide bonds. The summed E-state index contributed by atoms with van der Waals surface area (Å²) in [7, 11) is 0. The minimum absolute atomic E-state index is 0.000940. The molecule has 1 aromatic heterocycles. The summed E-state index contributed by atoms with van der Waals surface area (Å²) in [5.41, 5.74) is 4.29. The minimum atomic E-state index is -0.131. The number of nitrogens with one attached hydrogen (secondary N) is 1. The highest BCUT2D eigenvalue weighted by atomic mass is 32.1. The number of hydrogen-bond acceptors (Lipinski definition) is 4. The number of aromatic nitrogens is 1. The van der Waals surface area contributed by atoms with Crippen molar-refractivity contribution in [3.05, 3.63) is 70.7 Å². The minimum Gasteiger partial charge on any atom is -0.339 e. The molecule has 3 rings (SSSR count). The molecule has 0 aliphatic heterocycles. The molecular formula is C23H25N3O2S. The van der Waals surface area contributed by atoms with E-state index in [0.29, 0.717) is 24.3 Å². The smallest absolute Gasteiger partial charge is 0.253 e. The molecule has 0 atom stereocenters. The predicted molar refractivity (Wildman–Crippen MR) is 118 cm³/mol. The summed E-state index contributed by atoms with van der Waals surface area (Å²) in [5, 5.41) is 5.70. The van der Waals surface area contributed by atoms with Gasteiger partial charge < -0.3 is 10.2 Å². The molecule has 0 saturated carbocycles. The molecule has 1 heterocycles. The molecule has 0 saturated heterocycles. The molecule has 0 fully saturated rings. The lowest BCUT2D eigenvalue weighted by Crippen LogP contribution is -2.30. The maximum atomic E-state index is 12.4. The molecule has 0 bridgehead atoms. The van der Waals surface area contributed by atoms with Gasteiger partial charge in [0.25, 0.3) is 5.91 Å². The predicted octanol–water partition coefficient (Wildman–Crippen LogP) is 4.78. The molecule has 6 heteroatoms. The van der Waals surface area contributed by atoms with Crippen molar-refractivity contribution in [3.8, 4) is 10.6 Å². The molecule has 0 radical (unpaired) electrons. The Kier molecular flexibility index (Phi) is 6.77. The summed E-state index contributed by atoms with van der Waals surface area (Å²) in [6, 6.07) is 15.2. The van der Waals surface area contributed by atoms with E-state index >= 15 is 0 Å². The first-order valence-corrected chi connectivity index (χ1v) is 10.6. The maximum absolute atomic E-state index is 12.4. The largest absolute Gasteiger partial charge is 0.339 e. The standard InChI is InChI=1S/C23H25N3O2S/c1-4-26(5-2)23(28)18-10-12-19(13-11-18)24-21(27)14-20-15-29-22(25-20)17-8-6-16(3)7-9-17/h6-13,15H,4-5,14H2,1-3H3,(H,24,27). The second kappa shape index (κ2) is 9.47. The van der Waals surface area contributed by atoms with Gasteiger partial charge in [-0.1, -0.05) is 29.8 Å². The van der Waals surface area contributed by atoms with Crippen LogP contribution in [0.2, 0.25) is 0 Å². The first kappa shape index (κ1) is 20.7. The van der Waals surface area contributed by atoms with Crippen LogP contribution < -0.4 is 5.32 Å². The van der Waals surface area contributed by atoms with Crippen LogP contribution in [0, 0.1) is 6.92 Å². The van der Waals surface area contributed by atoms with Gasteiger partial charge in [-0.3, -0.25) is 9.59 Å². The highest BCUT2D eigenvalue weighted by Crippen LogP contribution is 2.24. The first-order chi connectivity index (χ1) is 14.0. The zero-order valence-corrected chi connectivity index (χ0v) is 17.8. The second-order valence-corrected chi connectivity index (χ2v) is 7.65. The summed E-state index contributed by atoms with van der Waals surface area (Å²) in [4.78, 5) is 31.1. The number of thiazole rings is 1. The van der Waals surface area contributed by atoms with Crippen LogP contribution in [-0.4, -0.2) is 34.8 Å². The average Bonchev–Trinajstić information content (AvgIpc) is 3.18. The Balaban J connectivity index is 1.60. The molecule has 29 heavy (non-hydrogen) atoms. The number of amides is 2. The number of anilines is 1. The van der Waals surface area contributed by atoms with E-state index < -0.39 is 0 Å². The number of carbonyl (C=O) groups excluding carboxylic acids is 2. The van der Waals surface area contributed by atoms with E-state index in [4.69, 9.17) is 0 Å². The third-order valence-corrected chi connectivity index (χ3v) is 5.60. The van der Waals surface area contributed by atoms with Gasteiger partial charge in [-0.2, -0.15) is 0 Å². The SMILES string of the molecule is CCN(CC)C(=O)c1ccc(NC(=O)Cc2csc(-c3ccc(C)cc3)n2)cc1. The molecule has 5 nitrogen and oxygen atoms in total. The van der Waals surface area contributed by atoms with E-state index in [-0.39, 0.29) is 18.2 Å². The third kappa shape index (κ3) is 5.29. The summed E-state index contributed by atoms with van der Waals surface area (Å²) in [6.07, 6.45) is 0.211. The zero-order valence-electron chi connectivity index (χ0n) is 16.9. The van der Waals surface area contributed by atoms with Gasteiger partial charge in [0.2, 0.25) is 5.91 Å². The van der Waals surface area contributed by atoms with Crippen LogP contribution in [0.5, 0.6) is 0 Å². The molecule has 2 aromatic carbocycles. The van der Waals surface area contributed by atoms with Crippen LogP contribution in [0.4, 0.5) is 5.69 Å². The number of aryl methyl sites for hydroxylation is 1. The molecular weight excluding hydrogens is 382 g/mol. The topological polar surface area (TPSA) is 62.3 Å². The van der Waals surface area contributed by atoms with Crippen LogP contribution in [0.25, 0.3) is 10.6 Å². The quantitative estimate of drug-likeness (QED) is 0.613. The normalized spacial score (nSPS) is 10.6. The van der Waals surface area contributed by atoms with Crippen molar-refractivity contribution in [3.63, 3.8) is 0 Å². The molecule has 0 aliphatic rings. The second-order valence-electron chi connectivity index (χ2n) is 6.79. The summed E-state index contributed by atoms with van der Waals surface area (Å²) in [5.74, 6) is -0.132. The van der Waals surface area contributed by atoms with Gasteiger partial charge in [-0.25, -0.2) is 4.98 Å². The monoisotopic (exact) mass is 407 g/mol. The summed E-state index contributed by atoms with van der Waals surface area (Å²) < 4.78 is 0. The van der Waals surface area contributed by atoms with Crippen LogP contribution in [0.1, 0.15) is 35.5 Å². The summed E-state index contributed by atoms with van der Waals surface area (Å²) >= 11 is 1.54. The van der Waals surface area contributed by atoms with E-state index in [0.717, 1.165) is 16.3 Å². The van der Waals surface area contributed by atoms with Gasteiger partial charge in [0, 0.05) is 35.3 Å². The van der Waals surface area contributed by atoms with Gasteiger partial charge in [-0.15, -0.1) is 11.3 Å². The summed E-state index contributed by atoms with van der Waals surface area (Å²) in [6.45, 7) is 7.31. The Hall–Kier alpha value is -2.99. The van der Waals surface area contributed by atoms with Crippen molar-refractivity contribution in [2.24, 2.45) is 0 Å². The molecule has 0 spiro atoms. The van der Waals surface area contributed by atoms with E-state index in [1.54, 1.807) is 29.2 Å². The Morgan fingerprint density at radius 2 is 1.66 bits per heavy atom. The van der Waals surface area contributed by atoms with Crippen molar-refractivity contribution in [1.29, 1.82) is 0 Å². The van der Waals surface area contributed by atoms with Gasteiger partial charge in [0.1, 0.15) is 5.01 Å². The highest BCUT2D eigenvalue weighted by Gasteiger charge is 2.13. The van der Waals surface area contributed by atoms with Crippen molar-refractivity contribution in [1.82, 2.24) is 9.88 Å². The number of carbonyl (C=O) groups is 2. The Bertz CT molecular complexity index is 974. The lowest BCUT2D eigenvalue weighted by atomic mass is 10.1. The first-order valence-electron chi connectivity index (χ1n) is 9.70. The van der Waals surface area contributed by atoms with Crippen LogP contribution in [0.15, 0.2) is 53.9 Å². The van der Waals surface area contributed by atoms with Crippen LogP contribution >= 0.6 is 11.3 Å². The lowest BCUT2D eigenvalue weighted by Gasteiger charge is -2.18. The van der Waals surface area contributed by atoms with Gasteiger partial charge in [-0.05, 0) is 45.0 Å². The van der Waals surface area contributed by atoms with Gasteiger partial charge >= 0.3 is 0 Å². The highest BCUT2D eigenvalue weighted by molar-refractivity contribution is 7.13. The van der Waals surface area contributed by atoms with Crippen molar-refractivity contribution < 1.29 is 9.59 Å². The van der Waals surface area contributed by atoms with Gasteiger partial charge in [0.15, 0.2) is 0 Å². The van der Waals surface area contributed by atoms with E-state index in [1.807, 2.05) is 38.3 Å². The van der Waals surface area contributed by atoms with Gasteiger partial charge in [0.05, 0.1) is 12.1 Å². The average molecular weight is 408 g/mol. The zero-order chi connectivity index (χ0) is 20.8. The molecule has 0 aliphatic carbocycles. The fourth-order valence-electron chi connectivity index (χ4n) is 2.98. The lowest BCUT2D eigenvalue weighted by molar-refractivity contribution is -0.115. The van der Waals surface area contributed by atoms with E-state index in [9.17, 15) is 9.59 Å². The Morgan fingerprint density at radius 1 is 1.00 bits per heavy atom. The van der Waals surface area contributed by atoms with Crippen LogP contribution in [0.3, 0.4) is 0 Å². The van der Waals surface area contributed by atoms with Crippen LogP contribution in [-0.2, 0) is 11.2 Å². The fourth-order valence-corrected chi connectivity index (χ4v) is 3.80.